The number of nitrogens with zero attached hydrogens (tertiary/aromatic N) is 2. The summed E-state index contributed by atoms with van der Waals surface area (Å²) in [6, 6.07) is 8.21. The zero-order chi connectivity index (χ0) is 15.6. The fourth-order valence-electron chi connectivity index (χ4n) is 3.32. The second-order valence-electron chi connectivity index (χ2n) is 5.99. The highest BCUT2D eigenvalue weighted by atomic mass is 32.1. The summed E-state index contributed by atoms with van der Waals surface area (Å²) >= 11 is 1.82. The fourth-order valence-corrected chi connectivity index (χ4v) is 4.53. The molecule has 0 atom stereocenters. The number of benzene rings is 1. The van der Waals surface area contributed by atoms with Crippen LogP contribution in [0.15, 0.2) is 30.6 Å². The first-order valence-electron chi connectivity index (χ1n) is 8.38. The predicted molar refractivity (Wildman–Crippen MR) is 94.6 cm³/mol. The Kier molecular flexibility index (Phi) is 4.00. The van der Waals surface area contributed by atoms with E-state index in [4.69, 9.17) is 4.74 Å². The van der Waals surface area contributed by atoms with E-state index in [1.54, 1.807) is 6.33 Å². The van der Waals surface area contributed by atoms with Crippen LogP contribution in [0.3, 0.4) is 0 Å². The molecule has 23 heavy (non-hydrogen) atoms. The maximum Gasteiger partial charge on any atom is 0.231 e. The van der Waals surface area contributed by atoms with Crippen LogP contribution in [0.1, 0.15) is 42.2 Å². The predicted octanol–water partition coefficient (Wildman–Crippen LogP) is 5.31. The molecule has 118 valence electrons. The molecule has 1 aliphatic rings. The van der Waals surface area contributed by atoms with E-state index in [0.717, 1.165) is 34.7 Å². The largest absolute Gasteiger partial charge is 0.438 e. The van der Waals surface area contributed by atoms with Gasteiger partial charge in [-0.05, 0) is 49.3 Å². The lowest BCUT2D eigenvalue weighted by Gasteiger charge is -2.10. The maximum absolute atomic E-state index is 6.23. The molecule has 0 unspecified atom stereocenters. The quantitative estimate of drug-likeness (QED) is 0.612. The van der Waals surface area contributed by atoms with Crippen molar-refractivity contribution in [2.75, 3.05) is 0 Å². The van der Waals surface area contributed by atoms with Crippen LogP contribution in [-0.4, -0.2) is 9.97 Å². The van der Waals surface area contributed by atoms with Crippen molar-refractivity contribution in [2.24, 2.45) is 0 Å². The Balaban J connectivity index is 1.82. The molecular formula is C19H20N2OS. The lowest BCUT2D eigenvalue weighted by Crippen LogP contribution is -1.95. The molecule has 0 amide bonds. The second-order valence-corrected chi connectivity index (χ2v) is 7.07. The Morgan fingerprint density at radius 2 is 1.96 bits per heavy atom. The number of aryl methyl sites for hydroxylation is 3. The molecule has 3 aromatic rings. The first-order valence-corrected chi connectivity index (χ1v) is 9.19. The molecule has 0 saturated heterocycles. The SMILES string of the molecule is CCc1ccccc1Oc1ncnc2sc3c(c12)CCCCC3. The van der Waals surface area contributed by atoms with E-state index < -0.39 is 0 Å². The number of thiophene rings is 1. The Labute approximate surface area is 140 Å². The van der Waals surface area contributed by atoms with Gasteiger partial charge in [-0.3, -0.25) is 0 Å². The van der Waals surface area contributed by atoms with E-state index in [2.05, 4.69) is 29.0 Å². The fraction of sp³-hybridized carbons (Fsp3) is 0.368. The third kappa shape index (κ3) is 2.72. The Bertz CT molecular complexity index is 841. The van der Waals surface area contributed by atoms with Crippen molar-refractivity contribution in [3.8, 4) is 11.6 Å². The van der Waals surface area contributed by atoms with Gasteiger partial charge < -0.3 is 4.74 Å². The molecule has 0 radical (unpaired) electrons. The van der Waals surface area contributed by atoms with Gasteiger partial charge in [0.1, 0.15) is 16.9 Å². The van der Waals surface area contributed by atoms with Gasteiger partial charge in [0.05, 0.1) is 5.39 Å². The Hall–Kier alpha value is -1.94. The minimum atomic E-state index is 0.718. The lowest BCUT2D eigenvalue weighted by atomic mass is 10.1. The smallest absolute Gasteiger partial charge is 0.231 e. The molecule has 0 saturated carbocycles. The summed E-state index contributed by atoms with van der Waals surface area (Å²) in [4.78, 5) is 11.5. The highest BCUT2D eigenvalue weighted by molar-refractivity contribution is 7.18. The van der Waals surface area contributed by atoms with Crippen LogP contribution < -0.4 is 4.74 Å². The van der Waals surface area contributed by atoms with Crippen LogP contribution in [0.25, 0.3) is 10.2 Å². The van der Waals surface area contributed by atoms with E-state index in [9.17, 15) is 0 Å². The average molecular weight is 324 g/mol. The van der Waals surface area contributed by atoms with Crippen molar-refractivity contribution in [3.05, 3.63) is 46.6 Å². The first-order chi connectivity index (χ1) is 11.4. The Morgan fingerprint density at radius 1 is 1.09 bits per heavy atom. The van der Waals surface area contributed by atoms with Gasteiger partial charge in [-0.15, -0.1) is 11.3 Å². The van der Waals surface area contributed by atoms with Crippen LogP contribution >= 0.6 is 11.3 Å². The molecule has 0 bridgehead atoms. The van der Waals surface area contributed by atoms with Crippen molar-refractivity contribution in [2.45, 2.75) is 45.4 Å². The van der Waals surface area contributed by atoms with Crippen LogP contribution in [0.2, 0.25) is 0 Å². The number of rotatable bonds is 3. The average Bonchev–Trinajstić information content (AvgIpc) is 2.78. The van der Waals surface area contributed by atoms with Gasteiger partial charge in [0.15, 0.2) is 0 Å². The second kappa shape index (κ2) is 6.28. The zero-order valence-electron chi connectivity index (χ0n) is 13.3. The topological polar surface area (TPSA) is 35.0 Å². The van der Waals surface area contributed by atoms with Crippen LogP contribution in [0, 0.1) is 0 Å². The summed E-state index contributed by atoms with van der Waals surface area (Å²) in [7, 11) is 0. The molecule has 1 aromatic carbocycles. The van der Waals surface area contributed by atoms with Crippen molar-refractivity contribution in [1.82, 2.24) is 9.97 Å². The molecule has 0 aliphatic heterocycles. The molecule has 0 spiro atoms. The number of aromatic nitrogens is 2. The van der Waals surface area contributed by atoms with Crippen LogP contribution in [0.5, 0.6) is 11.6 Å². The number of fused-ring (bicyclic) bond motifs is 3. The molecule has 2 heterocycles. The monoisotopic (exact) mass is 324 g/mol. The van der Waals surface area contributed by atoms with E-state index in [-0.39, 0.29) is 0 Å². The van der Waals surface area contributed by atoms with Gasteiger partial charge in [0, 0.05) is 4.88 Å². The van der Waals surface area contributed by atoms with E-state index >= 15 is 0 Å². The molecule has 2 aromatic heterocycles. The van der Waals surface area contributed by atoms with Crippen molar-refractivity contribution in [3.63, 3.8) is 0 Å². The molecule has 0 fully saturated rings. The third-order valence-corrected chi connectivity index (χ3v) is 5.73. The zero-order valence-corrected chi connectivity index (χ0v) is 14.2. The first kappa shape index (κ1) is 14.6. The third-order valence-electron chi connectivity index (χ3n) is 4.53. The van der Waals surface area contributed by atoms with E-state index in [1.165, 1.54) is 41.7 Å². The number of ether oxygens (including phenoxy) is 1. The lowest BCUT2D eigenvalue weighted by molar-refractivity contribution is 0.462. The van der Waals surface area contributed by atoms with Gasteiger partial charge in [-0.25, -0.2) is 9.97 Å². The van der Waals surface area contributed by atoms with Crippen LogP contribution in [0.4, 0.5) is 0 Å². The molecular weight excluding hydrogens is 304 g/mol. The minimum Gasteiger partial charge on any atom is -0.438 e. The summed E-state index contributed by atoms with van der Waals surface area (Å²) in [6.07, 6.45) is 8.70. The molecule has 0 N–H and O–H groups in total. The number of hydrogen-bond donors (Lipinski definition) is 0. The molecule has 4 rings (SSSR count). The molecule has 4 heteroatoms. The minimum absolute atomic E-state index is 0.718. The molecule has 1 aliphatic carbocycles. The Morgan fingerprint density at radius 3 is 2.87 bits per heavy atom. The summed E-state index contributed by atoms with van der Waals surface area (Å²) in [5, 5.41) is 1.14. The van der Waals surface area contributed by atoms with Gasteiger partial charge in [0.2, 0.25) is 5.88 Å². The number of para-hydroxylation sites is 1. The molecule has 3 nitrogen and oxygen atoms in total. The van der Waals surface area contributed by atoms with Crippen molar-refractivity contribution >= 4 is 21.6 Å². The van der Waals surface area contributed by atoms with Gasteiger partial charge >= 0.3 is 0 Å². The normalized spacial score (nSPS) is 14.5. The standard InChI is InChI=1S/C19H20N2OS/c1-2-13-8-6-7-10-15(13)22-18-17-14-9-4-3-5-11-16(14)23-19(17)21-12-20-18/h6-8,10,12H,2-5,9,11H2,1H3. The van der Waals surface area contributed by atoms with Gasteiger partial charge in [-0.2, -0.15) is 0 Å². The summed E-state index contributed by atoms with van der Waals surface area (Å²) < 4.78 is 6.23. The maximum atomic E-state index is 6.23. The van der Waals surface area contributed by atoms with Gasteiger partial charge in [0.25, 0.3) is 0 Å². The summed E-state index contributed by atoms with van der Waals surface area (Å²) in [5.41, 5.74) is 2.63. The van der Waals surface area contributed by atoms with Crippen molar-refractivity contribution in [1.29, 1.82) is 0 Å². The number of hydrogen-bond acceptors (Lipinski definition) is 4. The van der Waals surface area contributed by atoms with Crippen LogP contribution in [-0.2, 0) is 19.3 Å². The van der Waals surface area contributed by atoms with Gasteiger partial charge in [-0.1, -0.05) is 31.5 Å². The summed E-state index contributed by atoms with van der Waals surface area (Å²) in [6.45, 7) is 2.15. The summed E-state index contributed by atoms with van der Waals surface area (Å²) in [5.74, 6) is 1.62. The highest BCUT2D eigenvalue weighted by Gasteiger charge is 2.20. The van der Waals surface area contributed by atoms with Crippen molar-refractivity contribution < 1.29 is 4.74 Å². The highest BCUT2D eigenvalue weighted by Crippen LogP contribution is 2.40. The van der Waals surface area contributed by atoms with E-state index in [0.29, 0.717) is 0 Å². The van der Waals surface area contributed by atoms with E-state index in [1.807, 2.05) is 23.5 Å².